The standard InChI is InChI=1S/C13H20N2O/c1-10(14)12-4-2-3-5-13(12)15-7-6-11(8-15)9-16/h2-5,10-11,16H,6-9,14H2,1H3/t10-,11?/m0/s1. The Balaban J connectivity index is 2.20. The van der Waals surface area contributed by atoms with Crippen molar-refractivity contribution in [2.24, 2.45) is 11.7 Å². The molecular weight excluding hydrogens is 200 g/mol. The van der Waals surface area contributed by atoms with Crippen LogP contribution in [-0.2, 0) is 0 Å². The van der Waals surface area contributed by atoms with Crippen molar-refractivity contribution in [3.8, 4) is 0 Å². The molecule has 3 heteroatoms. The third kappa shape index (κ3) is 2.20. The molecule has 1 saturated heterocycles. The molecule has 16 heavy (non-hydrogen) atoms. The van der Waals surface area contributed by atoms with Crippen LogP contribution in [0.3, 0.4) is 0 Å². The lowest BCUT2D eigenvalue weighted by Gasteiger charge is -2.23. The summed E-state index contributed by atoms with van der Waals surface area (Å²) in [5.41, 5.74) is 8.40. The number of hydrogen-bond donors (Lipinski definition) is 2. The molecular formula is C13H20N2O. The Morgan fingerprint density at radius 1 is 1.50 bits per heavy atom. The van der Waals surface area contributed by atoms with E-state index in [4.69, 9.17) is 10.8 Å². The largest absolute Gasteiger partial charge is 0.396 e. The second-order valence-corrected chi connectivity index (χ2v) is 4.63. The summed E-state index contributed by atoms with van der Waals surface area (Å²) >= 11 is 0. The van der Waals surface area contributed by atoms with Gasteiger partial charge in [0.2, 0.25) is 0 Å². The van der Waals surface area contributed by atoms with Crippen LogP contribution < -0.4 is 10.6 Å². The van der Waals surface area contributed by atoms with Crippen molar-refractivity contribution in [1.29, 1.82) is 0 Å². The molecule has 0 amide bonds. The van der Waals surface area contributed by atoms with Crippen molar-refractivity contribution in [1.82, 2.24) is 0 Å². The van der Waals surface area contributed by atoms with Gasteiger partial charge < -0.3 is 15.7 Å². The lowest BCUT2D eigenvalue weighted by Crippen LogP contribution is -2.23. The Kier molecular flexibility index (Phi) is 3.46. The predicted molar refractivity (Wildman–Crippen MR) is 66.5 cm³/mol. The molecule has 3 nitrogen and oxygen atoms in total. The maximum Gasteiger partial charge on any atom is 0.0476 e. The molecule has 3 N–H and O–H groups in total. The number of aliphatic hydroxyl groups excluding tert-OH is 1. The Labute approximate surface area is 96.9 Å². The van der Waals surface area contributed by atoms with E-state index >= 15 is 0 Å². The first-order chi connectivity index (χ1) is 7.72. The predicted octanol–water partition coefficient (Wildman–Crippen LogP) is 1.52. The van der Waals surface area contributed by atoms with E-state index in [0.29, 0.717) is 5.92 Å². The van der Waals surface area contributed by atoms with Gasteiger partial charge in [-0.05, 0) is 25.0 Å². The van der Waals surface area contributed by atoms with Crippen molar-refractivity contribution >= 4 is 5.69 Å². The normalized spacial score (nSPS) is 22.4. The van der Waals surface area contributed by atoms with E-state index in [9.17, 15) is 0 Å². The van der Waals surface area contributed by atoms with E-state index in [1.165, 1.54) is 11.3 Å². The number of rotatable bonds is 3. The minimum Gasteiger partial charge on any atom is -0.396 e. The molecule has 0 spiro atoms. The highest BCUT2D eigenvalue weighted by atomic mass is 16.3. The minimum absolute atomic E-state index is 0.0596. The first-order valence-electron chi connectivity index (χ1n) is 5.92. The third-order valence-corrected chi connectivity index (χ3v) is 3.31. The molecule has 2 atom stereocenters. The summed E-state index contributed by atoms with van der Waals surface area (Å²) < 4.78 is 0. The number of nitrogens with two attached hydrogens (primary N) is 1. The van der Waals surface area contributed by atoms with Gasteiger partial charge in [0.05, 0.1) is 0 Å². The molecule has 1 aromatic rings. The Bertz CT molecular complexity index is 352. The summed E-state index contributed by atoms with van der Waals surface area (Å²) in [5.74, 6) is 0.418. The van der Waals surface area contributed by atoms with Crippen LogP contribution in [0.25, 0.3) is 0 Å². The van der Waals surface area contributed by atoms with E-state index in [2.05, 4.69) is 17.0 Å². The maximum absolute atomic E-state index is 9.16. The summed E-state index contributed by atoms with van der Waals surface area (Å²) in [4.78, 5) is 2.33. The Hall–Kier alpha value is -1.06. The quantitative estimate of drug-likeness (QED) is 0.812. The smallest absolute Gasteiger partial charge is 0.0476 e. The van der Waals surface area contributed by atoms with Gasteiger partial charge in [-0.1, -0.05) is 18.2 Å². The van der Waals surface area contributed by atoms with Gasteiger partial charge in [0, 0.05) is 37.3 Å². The topological polar surface area (TPSA) is 49.5 Å². The van der Waals surface area contributed by atoms with E-state index in [0.717, 1.165) is 19.5 Å². The van der Waals surface area contributed by atoms with Crippen molar-refractivity contribution in [3.63, 3.8) is 0 Å². The fourth-order valence-electron chi connectivity index (χ4n) is 2.36. The fraction of sp³-hybridized carbons (Fsp3) is 0.538. The zero-order chi connectivity index (χ0) is 11.5. The Morgan fingerprint density at radius 3 is 2.88 bits per heavy atom. The van der Waals surface area contributed by atoms with Crippen LogP contribution in [0.2, 0.25) is 0 Å². The van der Waals surface area contributed by atoms with Crippen LogP contribution in [-0.4, -0.2) is 24.8 Å². The van der Waals surface area contributed by atoms with Gasteiger partial charge in [0.25, 0.3) is 0 Å². The Morgan fingerprint density at radius 2 is 2.25 bits per heavy atom. The van der Waals surface area contributed by atoms with Crippen LogP contribution in [0.4, 0.5) is 5.69 Å². The summed E-state index contributed by atoms with van der Waals surface area (Å²) in [6.07, 6.45) is 1.07. The molecule has 1 aliphatic heterocycles. The van der Waals surface area contributed by atoms with E-state index in [1.54, 1.807) is 0 Å². The average Bonchev–Trinajstić information content (AvgIpc) is 2.77. The molecule has 88 valence electrons. The van der Waals surface area contributed by atoms with Gasteiger partial charge in [0.15, 0.2) is 0 Å². The SMILES string of the molecule is C[C@H](N)c1ccccc1N1CCC(CO)C1. The highest BCUT2D eigenvalue weighted by Gasteiger charge is 2.23. The number of aliphatic hydroxyl groups is 1. The lowest BCUT2D eigenvalue weighted by atomic mass is 10.1. The zero-order valence-corrected chi connectivity index (χ0v) is 9.76. The van der Waals surface area contributed by atoms with E-state index < -0.39 is 0 Å². The molecule has 0 aliphatic carbocycles. The van der Waals surface area contributed by atoms with Gasteiger partial charge in [-0.25, -0.2) is 0 Å². The van der Waals surface area contributed by atoms with Crippen molar-refractivity contribution in [2.45, 2.75) is 19.4 Å². The second-order valence-electron chi connectivity index (χ2n) is 4.63. The third-order valence-electron chi connectivity index (χ3n) is 3.31. The molecule has 0 bridgehead atoms. The summed E-state index contributed by atoms with van der Waals surface area (Å²) in [6, 6.07) is 8.35. The molecule has 2 rings (SSSR count). The first kappa shape index (κ1) is 11.4. The number of para-hydroxylation sites is 1. The zero-order valence-electron chi connectivity index (χ0n) is 9.76. The summed E-state index contributed by atoms with van der Waals surface area (Å²) in [5, 5.41) is 9.16. The second kappa shape index (κ2) is 4.85. The fourth-order valence-corrected chi connectivity index (χ4v) is 2.36. The van der Waals surface area contributed by atoms with Crippen LogP contribution in [0.1, 0.15) is 24.9 Å². The molecule has 1 heterocycles. The van der Waals surface area contributed by atoms with Crippen LogP contribution in [0, 0.1) is 5.92 Å². The van der Waals surface area contributed by atoms with Crippen LogP contribution in [0.5, 0.6) is 0 Å². The highest BCUT2D eigenvalue weighted by molar-refractivity contribution is 5.55. The van der Waals surface area contributed by atoms with E-state index in [1.807, 2.05) is 19.1 Å². The molecule has 0 aromatic heterocycles. The van der Waals surface area contributed by atoms with Gasteiger partial charge in [-0.3, -0.25) is 0 Å². The molecule has 1 fully saturated rings. The number of nitrogens with zero attached hydrogens (tertiary/aromatic N) is 1. The summed E-state index contributed by atoms with van der Waals surface area (Å²) in [7, 11) is 0. The van der Waals surface area contributed by atoms with Gasteiger partial charge in [-0.15, -0.1) is 0 Å². The van der Waals surface area contributed by atoms with Gasteiger partial charge in [0.1, 0.15) is 0 Å². The lowest BCUT2D eigenvalue weighted by molar-refractivity contribution is 0.238. The van der Waals surface area contributed by atoms with E-state index in [-0.39, 0.29) is 12.6 Å². The average molecular weight is 220 g/mol. The van der Waals surface area contributed by atoms with Gasteiger partial charge >= 0.3 is 0 Å². The molecule has 1 aromatic carbocycles. The minimum atomic E-state index is 0.0596. The van der Waals surface area contributed by atoms with Crippen LogP contribution >= 0.6 is 0 Å². The highest BCUT2D eigenvalue weighted by Crippen LogP contribution is 2.29. The van der Waals surface area contributed by atoms with Crippen LogP contribution in [0.15, 0.2) is 24.3 Å². The molecule has 1 unspecified atom stereocenters. The van der Waals surface area contributed by atoms with Crippen molar-refractivity contribution < 1.29 is 5.11 Å². The number of hydrogen-bond acceptors (Lipinski definition) is 3. The maximum atomic E-state index is 9.16. The molecule has 1 aliphatic rings. The molecule has 0 saturated carbocycles. The number of benzene rings is 1. The first-order valence-corrected chi connectivity index (χ1v) is 5.92. The summed E-state index contributed by atoms with van der Waals surface area (Å²) in [6.45, 7) is 4.27. The number of anilines is 1. The van der Waals surface area contributed by atoms with Crippen molar-refractivity contribution in [3.05, 3.63) is 29.8 Å². The van der Waals surface area contributed by atoms with Crippen molar-refractivity contribution in [2.75, 3.05) is 24.6 Å². The molecule has 0 radical (unpaired) electrons. The monoisotopic (exact) mass is 220 g/mol. The van der Waals surface area contributed by atoms with Gasteiger partial charge in [-0.2, -0.15) is 0 Å².